The Kier molecular flexibility index (Phi) is 8.75. The zero-order chi connectivity index (χ0) is 23.7. The average Bonchev–Trinajstić information content (AvgIpc) is 2.79. The summed E-state index contributed by atoms with van der Waals surface area (Å²) in [7, 11) is 0. The highest BCUT2D eigenvalue weighted by molar-refractivity contribution is 5.32. The monoisotopic (exact) mass is 460 g/mol. The van der Waals surface area contributed by atoms with E-state index in [0.717, 1.165) is 42.4 Å². The van der Waals surface area contributed by atoms with E-state index in [-0.39, 0.29) is 17.1 Å². The number of hydrogen-bond donors (Lipinski definition) is 0. The SMILES string of the molecule is CCCCCc1ccc(C(F)(F)Oc2ccc(CCc3ccc(OC(F)F)cc3)cc2)cc1. The van der Waals surface area contributed by atoms with Gasteiger partial charge in [-0.05, 0) is 78.8 Å². The van der Waals surface area contributed by atoms with Crippen molar-refractivity contribution < 1.29 is 27.0 Å². The smallest absolute Gasteiger partial charge is 0.426 e. The van der Waals surface area contributed by atoms with Gasteiger partial charge in [-0.3, -0.25) is 0 Å². The van der Waals surface area contributed by atoms with Crippen LogP contribution in [0.1, 0.15) is 48.4 Å². The minimum atomic E-state index is -3.43. The minimum absolute atomic E-state index is 0.0873. The fourth-order valence-corrected chi connectivity index (χ4v) is 3.50. The second-order valence-corrected chi connectivity index (χ2v) is 7.94. The van der Waals surface area contributed by atoms with Crippen LogP contribution in [0.2, 0.25) is 0 Å². The van der Waals surface area contributed by atoms with Crippen molar-refractivity contribution >= 4 is 0 Å². The van der Waals surface area contributed by atoms with Crippen LogP contribution in [-0.2, 0) is 25.4 Å². The summed E-state index contributed by atoms with van der Waals surface area (Å²) < 4.78 is 62.9. The molecule has 0 radical (unpaired) electrons. The Labute approximate surface area is 192 Å². The van der Waals surface area contributed by atoms with Crippen molar-refractivity contribution in [2.45, 2.75) is 58.2 Å². The second-order valence-electron chi connectivity index (χ2n) is 7.94. The number of hydrogen-bond acceptors (Lipinski definition) is 2. The number of unbranched alkanes of at least 4 members (excludes halogenated alkanes) is 2. The third-order valence-corrected chi connectivity index (χ3v) is 5.38. The number of alkyl halides is 4. The topological polar surface area (TPSA) is 18.5 Å². The average molecular weight is 461 g/mol. The van der Waals surface area contributed by atoms with Crippen LogP contribution in [0.25, 0.3) is 0 Å². The van der Waals surface area contributed by atoms with Gasteiger partial charge in [-0.25, -0.2) is 0 Å². The molecule has 0 spiro atoms. The summed E-state index contributed by atoms with van der Waals surface area (Å²) in [6, 6.07) is 19.3. The maximum Gasteiger partial charge on any atom is 0.426 e. The Morgan fingerprint density at radius 1 is 0.667 bits per heavy atom. The van der Waals surface area contributed by atoms with Crippen molar-refractivity contribution in [3.63, 3.8) is 0 Å². The molecule has 0 aliphatic carbocycles. The summed E-state index contributed by atoms with van der Waals surface area (Å²) >= 11 is 0. The molecule has 0 atom stereocenters. The molecule has 0 bridgehead atoms. The quantitative estimate of drug-likeness (QED) is 0.202. The number of benzene rings is 3. The fraction of sp³-hybridized carbons (Fsp3) is 0.333. The molecule has 2 nitrogen and oxygen atoms in total. The first-order chi connectivity index (χ1) is 15.9. The molecule has 0 aliphatic heterocycles. The standard InChI is InChI=1S/C27H28F4O2/c1-2-3-4-5-20-8-14-23(15-9-20)27(30,31)33-25-18-12-22(13-19-25)7-6-21-10-16-24(17-11-21)32-26(28)29/h8-19,26H,2-7H2,1H3. The normalized spacial score (nSPS) is 11.6. The van der Waals surface area contributed by atoms with Gasteiger partial charge in [-0.1, -0.05) is 56.2 Å². The van der Waals surface area contributed by atoms with Crippen LogP contribution in [0.5, 0.6) is 11.5 Å². The molecule has 3 aromatic carbocycles. The molecule has 0 heterocycles. The Morgan fingerprint density at radius 3 is 1.67 bits per heavy atom. The predicted molar refractivity (Wildman–Crippen MR) is 121 cm³/mol. The van der Waals surface area contributed by atoms with Crippen LogP contribution in [-0.4, -0.2) is 6.61 Å². The molecule has 176 valence electrons. The van der Waals surface area contributed by atoms with Gasteiger partial charge in [0.05, 0.1) is 5.56 Å². The molecule has 0 amide bonds. The van der Waals surface area contributed by atoms with Gasteiger partial charge in [0, 0.05) is 0 Å². The molecule has 0 fully saturated rings. The molecular formula is C27H28F4O2. The molecule has 33 heavy (non-hydrogen) atoms. The molecule has 0 N–H and O–H groups in total. The molecule has 0 unspecified atom stereocenters. The van der Waals surface area contributed by atoms with E-state index in [1.807, 2.05) is 0 Å². The first-order valence-corrected chi connectivity index (χ1v) is 11.1. The Hall–Kier alpha value is -3.02. The van der Waals surface area contributed by atoms with Crippen molar-refractivity contribution in [2.24, 2.45) is 0 Å². The largest absolute Gasteiger partial charge is 0.435 e. The van der Waals surface area contributed by atoms with E-state index in [9.17, 15) is 17.6 Å². The van der Waals surface area contributed by atoms with Gasteiger partial charge < -0.3 is 9.47 Å². The van der Waals surface area contributed by atoms with Crippen LogP contribution < -0.4 is 9.47 Å². The summed E-state index contributed by atoms with van der Waals surface area (Å²) in [6.07, 6.45) is 2.10. The second kappa shape index (κ2) is 11.7. The summed E-state index contributed by atoms with van der Waals surface area (Å²) in [5.41, 5.74) is 2.78. The zero-order valence-electron chi connectivity index (χ0n) is 18.6. The van der Waals surface area contributed by atoms with Gasteiger partial charge in [-0.15, -0.1) is 0 Å². The van der Waals surface area contributed by atoms with E-state index in [1.165, 1.54) is 36.4 Å². The van der Waals surface area contributed by atoms with Crippen molar-refractivity contribution in [1.29, 1.82) is 0 Å². The van der Waals surface area contributed by atoms with Gasteiger partial charge >= 0.3 is 12.7 Å². The van der Waals surface area contributed by atoms with E-state index >= 15 is 0 Å². The van der Waals surface area contributed by atoms with Gasteiger partial charge in [0.25, 0.3) is 0 Å². The highest BCUT2D eigenvalue weighted by Crippen LogP contribution is 2.32. The third kappa shape index (κ3) is 7.81. The van der Waals surface area contributed by atoms with E-state index in [2.05, 4.69) is 11.7 Å². The van der Waals surface area contributed by atoms with Crippen LogP contribution >= 0.6 is 0 Å². The lowest BCUT2D eigenvalue weighted by Gasteiger charge is -2.19. The van der Waals surface area contributed by atoms with E-state index in [0.29, 0.717) is 12.8 Å². The van der Waals surface area contributed by atoms with Crippen molar-refractivity contribution in [3.05, 3.63) is 95.1 Å². The van der Waals surface area contributed by atoms with E-state index in [1.54, 1.807) is 36.4 Å². The summed E-state index contributed by atoms with van der Waals surface area (Å²) in [4.78, 5) is 0. The maximum atomic E-state index is 14.6. The van der Waals surface area contributed by atoms with E-state index < -0.39 is 12.7 Å². The number of aryl methyl sites for hydroxylation is 3. The van der Waals surface area contributed by atoms with Gasteiger partial charge in [0.2, 0.25) is 0 Å². The fourth-order valence-electron chi connectivity index (χ4n) is 3.50. The Balaban J connectivity index is 1.52. The van der Waals surface area contributed by atoms with Crippen LogP contribution in [0.4, 0.5) is 17.6 Å². The predicted octanol–water partition coefficient (Wildman–Crippen LogP) is 7.93. The van der Waals surface area contributed by atoms with Gasteiger partial charge in [-0.2, -0.15) is 17.6 Å². The molecule has 0 saturated heterocycles. The lowest BCUT2D eigenvalue weighted by molar-refractivity contribution is -0.185. The zero-order valence-corrected chi connectivity index (χ0v) is 18.6. The molecule has 0 aromatic heterocycles. The van der Waals surface area contributed by atoms with Crippen LogP contribution in [0.3, 0.4) is 0 Å². The first kappa shape index (κ1) is 24.6. The highest BCUT2D eigenvalue weighted by Gasteiger charge is 2.34. The molecule has 3 rings (SSSR count). The number of halogens is 4. The van der Waals surface area contributed by atoms with Gasteiger partial charge in [0.1, 0.15) is 11.5 Å². The third-order valence-electron chi connectivity index (χ3n) is 5.38. The first-order valence-electron chi connectivity index (χ1n) is 11.1. The lowest BCUT2D eigenvalue weighted by Crippen LogP contribution is -2.21. The van der Waals surface area contributed by atoms with Crippen LogP contribution in [0.15, 0.2) is 72.8 Å². The minimum Gasteiger partial charge on any atom is -0.435 e. The molecule has 0 saturated carbocycles. The Morgan fingerprint density at radius 2 is 1.15 bits per heavy atom. The number of rotatable bonds is 12. The molecule has 6 heteroatoms. The van der Waals surface area contributed by atoms with E-state index in [4.69, 9.17) is 4.74 Å². The summed E-state index contributed by atoms with van der Waals surface area (Å²) in [5, 5.41) is 0. The van der Waals surface area contributed by atoms with Crippen molar-refractivity contribution in [3.8, 4) is 11.5 Å². The molecule has 3 aromatic rings. The van der Waals surface area contributed by atoms with Gasteiger partial charge in [0.15, 0.2) is 0 Å². The Bertz CT molecular complexity index is 969. The van der Waals surface area contributed by atoms with Crippen molar-refractivity contribution in [1.82, 2.24) is 0 Å². The lowest BCUT2D eigenvalue weighted by atomic mass is 10.0. The van der Waals surface area contributed by atoms with Crippen LogP contribution in [0, 0.1) is 0 Å². The summed E-state index contributed by atoms with van der Waals surface area (Å²) in [5.74, 6) is 0.201. The molecule has 0 aliphatic rings. The maximum absolute atomic E-state index is 14.6. The number of ether oxygens (including phenoxy) is 2. The van der Waals surface area contributed by atoms with Crippen molar-refractivity contribution in [2.75, 3.05) is 0 Å². The summed E-state index contributed by atoms with van der Waals surface area (Å²) in [6.45, 7) is -0.721. The highest BCUT2D eigenvalue weighted by atomic mass is 19.3. The molecular weight excluding hydrogens is 432 g/mol.